The van der Waals surface area contributed by atoms with E-state index in [1.165, 1.54) is 19.3 Å². The smallest absolute Gasteiger partial charge is 0.282 e. The molecule has 144 valence electrons. The SMILES string of the molecule is COc1cc(/C=C2/C(=O)NN(c3ccccc3)C2=O)cc(Br)c1OCC(=O)[O-]. The van der Waals surface area contributed by atoms with Gasteiger partial charge in [0.15, 0.2) is 11.5 Å². The van der Waals surface area contributed by atoms with Gasteiger partial charge in [0.1, 0.15) is 12.2 Å². The second kappa shape index (κ2) is 8.13. The lowest BCUT2D eigenvalue weighted by molar-refractivity contribution is -0.307. The number of carbonyl (C=O) groups is 3. The first-order chi connectivity index (χ1) is 13.4. The molecule has 0 unspecified atom stereocenters. The number of hydrogen-bond donors (Lipinski definition) is 1. The standard InChI is InChI=1S/C19H15BrN2O6/c1-27-15-9-11(8-14(20)17(15)28-10-16(23)24)7-13-18(25)21-22(19(13)26)12-5-3-2-4-6-12/h2-9H,10H2,1H3,(H,21,25)(H,23,24)/p-1/b13-7-. The number of carbonyl (C=O) groups excluding carboxylic acids is 3. The predicted octanol–water partition coefficient (Wildman–Crippen LogP) is 1.05. The zero-order chi connectivity index (χ0) is 20.3. The highest BCUT2D eigenvalue weighted by Gasteiger charge is 2.34. The van der Waals surface area contributed by atoms with Crippen LogP contribution in [0.25, 0.3) is 6.08 Å². The third kappa shape index (κ3) is 3.99. The fourth-order valence-electron chi connectivity index (χ4n) is 2.58. The highest BCUT2D eigenvalue weighted by molar-refractivity contribution is 9.10. The van der Waals surface area contributed by atoms with Gasteiger partial charge in [-0.2, -0.15) is 0 Å². The van der Waals surface area contributed by atoms with Crippen molar-refractivity contribution in [1.29, 1.82) is 0 Å². The Labute approximate surface area is 168 Å². The second-order valence-corrected chi connectivity index (χ2v) is 6.52. The van der Waals surface area contributed by atoms with Crippen molar-refractivity contribution in [3.63, 3.8) is 0 Å². The van der Waals surface area contributed by atoms with Crippen LogP contribution in [-0.2, 0) is 14.4 Å². The van der Waals surface area contributed by atoms with E-state index in [1.54, 1.807) is 36.4 Å². The number of amides is 2. The molecule has 2 aromatic carbocycles. The molecule has 0 aliphatic carbocycles. The highest BCUT2D eigenvalue weighted by Crippen LogP contribution is 2.37. The van der Waals surface area contributed by atoms with E-state index in [1.807, 2.05) is 0 Å². The van der Waals surface area contributed by atoms with Gasteiger partial charge in [-0.1, -0.05) is 18.2 Å². The Morgan fingerprint density at radius 2 is 1.96 bits per heavy atom. The molecule has 2 amide bonds. The van der Waals surface area contributed by atoms with Crippen molar-refractivity contribution in [2.45, 2.75) is 0 Å². The van der Waals surface area contributed by atoms with E-state index in [4.69, 9.17) is 9.47 Å². The molecule has 0 saturated carbocycles. The molecule has 0 radical (unpaired) electrons. The Bertz CT molecular complexity index is 974. The molecular weight excluding hydrogens is 432 g/mol. The molecule has 28 heavy (non-hydrogen) atoms. The van der Waals surface area contributed by atoms with Gasteiger partial charge in [0.2, 0.25) is 0 Å². The molecule has 8 nitrogen and oxygen atoms in total. The van der Waals surface area contributed by atoms with E-state index >= 15 is 0 Å². The van der Waals surface area contributed by atoms with Gasteiger partial charge >= 0.3 is 0 Å². The van der Waals surface area contributed by atoms with Crippen molar-refractivity contribution >= 4 is 45.5 Å². The zero-order valence-electron chi connectivity index (χ0n) is 14.6. The molecule has 0 atom stereocenters. The molecule has 1 aliphatic heterocycles. The summed E-state index contributed by atoms with van der Waals surface area (Å²) < 4.78 is 10.8. The molecule has 1 fully saturated rings. The third-order valence-corrected chi connectivity index (χ3v) is 4.39. The third-order valence-electron chi connectivity index (χ3n) is 3.80. The number of para-hydroxylation sites is 1. The van der Waals surface area contributed by atoms with Crippen LogP contribution in [0.1, 0.15) is 5.56 Å². The molecular formula is C19H14BrN2O6-. The number of halogens is 1. The number of nitrogens with zero attached hydrogens (tertiary/aromatic N) is 1. The minimum Gasteiger partial charge on any atom is -0.546 e. The lowest BCUT2D eigenvalue weighted by Gasteiger charge is -2.14. The highest BCUT2D eigenvalue weighted by atomic mass is 79.9. The van der Waals surface area contributed by atoms with Crippen molar-refractivity contribution in [2.75, 3.05) is 18.7 Å². The molecule has 1 aliphatic rings. The number of rotatable bonds is 6. The van der Waals surface area contributed by atoms with E-state index < -0.39 is 24.4 Å². The van der Waals surface area contributed by atoms with E-state index in [9.17, 15) is 19.5 Å². The maximum Gasteiger partial charge on any atom is 0.282 e. The zero-order valence-corrected chi connectivity index (χ0v) is 16.2. The molecule has 9 heteroatoms. The van der Waals surface area contributed by atoms with Crippen LogP contribution in [0.5, 0.6) is 11.5 Å². The average Bonchev–Trinajstić information content (AvgIpc) is 2.95. The Morgan fingerprint density at radius 3 is 2.61 bits per heavy atom. The van der Waals surface area contributed by atoms with Gasteiger partial charge < -0.3 is 19.4 Å². The van der Waals surface area contributed by atoms with Gasteiger partial charge in [-0.25, -0.2) is 5.01 Å². The summed E-state index contributed by atoms with van der Waals surface area (Å²) in [7, 11) is 1.38. The summed E-state index contributed by atoms with van der Waals surface area (Å²) in [5.41, 5.74) is 3.48. The quantitative estimate of drug-likeness (QED) is 0.525. The maximum atomic E-state index is 12.6. The van der Waals surface area contributed by atoms with E-state index in [2.05, 4.69) is 21.4 Å². The van der Waals surface area contributed by atoms with Gasteiger partial charge in [-0.05, 0) is 51.8 Å². The van der Waals surface area contributed by atoms with Gasteiger partial charge in [0.05, 0.1) is 23.2 Å². The molecule has 1 heterocycles. The monoisotopic (exact) mass is 445 g/mol. The number of ether oxygens (including phenoxy) is 2. The van der Waals surface area contributed by atoms with Crippen molar-refractivity contribution in [1.82, 2.24) is 5.43 Å². The van der Waals surface area contributed by atoms with Gasteiger partial charge in [-0.15, -0.1) is 0 Å². The van der Waals surface area contributed by atoms with E-state index in [-0.39, 0.29) is 17.1 Å². The van der Waals surface area contributed by atoms with Crippen LogP contribution < -0.4 is 25.0 Å². The van der Waals surface area contributed by atoms with E-state index in [0.29, 0.717) is 15.7 Å². The first-order valence-corrected chi connectivity index (χ1v) is 8.82. The Morgan fingerprint density at radius 1 is 1.25 bits per heavy atom. The lowest BCUT2D eigenvalue weighted by Crippen LogP contribution is -2.35. The van der Waals surface area contributed by atoms with Crippen molar-refractivity contribution in [3.05, 3.63) is 58.1 Å². The molecule has 2 aromatic rings. The number of nitrogens with one attached hydrogen (secondary N) is 1. The normalized spacial score (nSPS) is 14.9. The number of carboxylic acids is 1. The van der Waals surface area contributed by atoms with Crippen LogP contribution in [0.4, 0.5) is 5.69 Å². The second-order valence-electron chi connectivity index (χ2n) is 5.67. The summed E-state index contributed by atoms with van der Waals surface area (Å²) in [5.74, 6) is -2.02. The predicted molar refractivity (Wildman–Crippen MR) is 101 cm³/mol. The Balaban J connectivity index is 1.92. The lowest BCUT2D eigenvalue weighted by atomic mass is 10.1. The molecule has 1 saturated heterocycles. The minimum atomic E-state index is -1.38. The Kier molecular flexibility index (Phi) is 5.65. The summed E-state index contributed by atoms with van der Waals surface area (Å²) in [6.07, 6.45) is 1.41. The van der Waals surface area contributed by atoms with Crippen LogP contribution in [0.15, 0.2) is 52.5 Å². The number of anilines is 1. The van der Waals surface area contributed by atoms with Gasteiger partial charge in [0, 0.05) is 0 Å². The summed E-state index contributed by atoms with van der Waals surface area (Å²) in [4.78, 5) is 35.5. The molecule has 0 spiro atoms. The summed E-state index contributed by atoms with van der Waals surface area (Å²) in [6.45, 7) is -0.650. The van der Waals surface area contributed by atoms with Crippen molar-refractivity contribution in [3.8, 4) is 11.5 Å². The fourth-order valence-corrected chi connectivity index (χ4v) is 3.15. The van der Waals surface area contributed by atoms with Gasteiger partial charge in [0.25, 0.3) is 11.8 Å². The minimum absolute atomic E-state index is 0.0544. The van der Waals surface area contributed by atoms with E-state index in [0.717, 1.165) is 5.01 Å². The van der Waals surface area contributed by atoms with Crippen LogP contribution in [-0.4, -0.2) is 31.5 Å². The Hall–Kier alpha value is -3.33. The van der Waals surface area contributed by atoms with Crippen LogP contribution in [0.3, 0.4) is 0 Å². The largest absolute Gasteiger partial charge is 0.546 e. The molecule has 0 bridgehead atoms. The topological polar surface area (TPSA) is 108 Å². The summed E-state index contributed by atoms with van der Waals surface area (Å²) in [5, 5.41) is 11.8. The maximum absolute atomic E-state index is 12.6. The van der Waals surface area contributed by atoms with Gasteiger partial charge in [-0.3, -0.25) is 15.0 Å². The van der Waals surface area contributed by atoms with Crippen LogP contribution >= 0.6 is 15.9 Å². The number of aliphatic carboxylic acids is 1. The average molecular weight is 446 g/mol. The number of hydrogen-bond acceptors (Lipinski definition) is 6. The first-order valence-electron chi connectivity index (χ1n) is 8.03. The number of benzene rings is 2. The van der Waals surface area contributed by atoms with Crippen molar-refractivity contribution in [2.24, 2.45) is 0 Å². The van der Waals surface area contributed by atoms with Crippen LogP contribution in [0.2, 0.25) is 0 Å². The number of methoxy groups -OCH3 is 1. The molecule has 1 N–H and O–H groups in total. The van der Waals surface area contributed by atoms with Crippen LogP contribution in [0, 0.1) is 0 Å². The molecule has 3 rings (SSSR count). The number of hydrazine groups is 1. The van der Waals surface area contributed by atoms with Crippen molar-refractivity contribution < 1.29 is 29.0 Å². The fraction of sp³-hybridized carbons (Fsp3) is 0.105. The first kappa shape index (κ1) is 19.4. The summed E-state index contributed by atoms with van der Waals surface area (Å²) in [6, 6.07) is 11.8. The molecule has 0 aromatic heterocycles. The number of carboxylic acid groups (broad SMARTS) is 1. The summed E-state index contributed by atoms with van der Waals surface area (Å²) >= 11 is 3.27.